The standard InChI is InChI=1S/C34H41N3O5S2/c1-5-23(3)42-32(39)19-35-34(40)33(25-13-9-7-10-14-25)36-31(38)21-41-28-18-29-27(17-30(28)43-4)37(20-24(6-2)22-44-29)26-15-11-8-12-16-26/h7-18,23-24,33H,5-6,19-22H2,1-4H3,(H,35,40)(H,36,38). The lowest BCUT2D eigenvalue weighted by Gasteiger charge is -2.28. The van der Waals surface area contributed by atoms with Gasteiger partial charge in [0.25, 0.3) is 5.91 Å². The Morgan fingerprint density at radius 2 is 1.75 bits per heavy atom. The number of rotatable bonds is 13. The summed E-state index contributed by atoms with van der Waals surface area (Å²) in [5.74, 6) is 0.639. The van der Waals surface area contributed by atoms with Crippen molar-refractivity contribution < 1.29 is 23.9 Å². The topological polar surface area (TPSA) is 97.0 Å². The van der Waals surface area contributed by atoms with Crippen molar-refractivity contribution in [1.82, 2.24) is 10.6 Å². The Labute approximate surface area is 268 Å². The molecular weight excluding hydrogens is 595 g/mol. The second-order valence-electron chi connectivity index (χ2n) is 10.6. The van der Waals surface area contributed by atoms with Gasteiger partial charge in [-0.3, -0.25) is 14.4 Å². The van der Waals surface area contributed by atoms with E-state index in [0.717, 1.165) is 39.9 Å². The molecule has 8 nitrogen and oxygen atoms in total. The normalized spacial score (nSPS) is 15.7. The second kappa shape index (κ2) is 16.4. The molecule has 0 saturated carbocycles. The highest BCUT2D eigenvalue weighted by Gasteiger charge is 2.26. The third-order valence-electron chi connectivity index (χ3n) is 7.47. The van der Waals surface area contributed by atoms with Crippen molar-refractivity contribution in [2.24, 2.45) is 5.92 Å². The van der Waals surface area contributed by atoms with Crippen molar-refractivity contribution in [2.45, 2.75) is 55.5 Å². The first-order valence-electron chi connectivity index (χ1n) is 14.9. The lowest BCUT2D eigenvalue weighted by Crippen LogP contribution is -2.43. The van der Waals surface area contributed by atoms with E-state index in [0.29, 0.717) is 23.7 Å². The lowest BCUT2D eigenvalue weighted by molar-refractivity contribution is -0.148. The minimum absolute atomic E-state index is 0.242. The second-order valence-corrected chi connectivity index (χ2v) is 12.5. The number of carbonyl (C=O) groups is 3. The van der Waals surface area contributed by atoms with Gasteiger partial charge in [-0.05, 0) is 55.3 Å². The van der Waals surface area contributed by atoms with E-state index in [4.69, 9.17) is 9.47 Å². The van der Waals surface area contributed by atoms with Gasteiger partial charge in [-0.25, -0.2) is 0 Å². The summed E-state index contributed by atoms with van der Waals surface area (Å²) >= 11 is 3.37. The molecule has 4 rings (SSSR count). The number of amides is 2. The van der Waals surface area contributed by atoms with E-state index in [1.807, 2.05) is 43.1 Å². The molecule has 3 aromatic rings. The fraction of sp³-hybridized carbons (Fsp3) is 0.382. The van der Waals surface area contributed by atoms with Crippen LogP contribution in [0, 0.1) is 5.92 Å². The Kier molecular flexibility index (Phi) is 12.4. The first-order valence-corrected chi connectivity index (χ1v) is 17.2. The summed E-state index contributed by atoms with van der Waals surface area (Å²) in [4.78, 5) is 42.8. The van der Waals surface area contributed by atoms with Crippen LogP contribution >= 0.6 is 23.5 Å². The van der Waals surface area contributed by atoms with Crippen molar-refractivity contribution in [3.63, 3.8) is 0 Å². The van der Waals surface area contributed by atoms with Gasteiger partial charge < -0.3 is 25.0 Å². The van der Waals surface area contributed by atoms with Crippen LogP contribution in [-0.2, 0) is 19.1 Å². The van der Waals surface area contributed by atoms with E-state index in [1.54, 1.807) is 43.0 Å². The van der Waals surface area contributed by atoms with Crippen molar-refractivity contribution in [3.05, 3.63) is 78.4 Å². The lowest BCUT2D eigenvalue weighted by atomic mass is 10.1. The van der Waals surface area contributed by atoms with Gasteiger partial charge in [-0.1, -0.05) is 68.8 Å². The predicted octanol–water partition coefficient (Wildman–Crippen LogP) is 6.37. The monoisotopic (exact) mass is 635 g/mol. The number of nitrogens with zero attached hydrogens (tertiary/aromatic N) is 1. The van der Waals surface area contributed by atoms with Crippen LogP contribution in [0.5, 0.6) is 5.75 Å². The number of anilines is 2. The molecule has 3 unspecified atom stereocenters. The van der Waals surface area contributed by atoms with Crippen LogP contribution in [0.3, 0.4) is 0 Å². The number of para-hydroxylation sites is 1. The van der Waals surface area contributed by atoms with Gasteiger partial charge in [0, 0.05) is 22.9 Å². The van der Waals surface area contributed by atoms with Crippen molar-refractivity contribution in [1.29, 1.82) is 0 Å². The quantitative estimate of drug-likeness (QED) is 0.165. The van der Waals surface area contributed by atoms with Crippen LogP contribution in [-0.4, -0.2) is 55.6 Å². The molecule has 234 valence electrons. The number of benzene rings is 3. The number of hydrogen-bond acceptors (Lipinski definition) is 8. The van der Waals surface area contributed by atoms with Gasteiger partial charge in [-0.2, -0.15) is 0 Å². The summed E-state index contributed by atoms with van der Waals surface area (Å²) in [5, 5.41) is 5.38. The van der Waals surface area contributed by atoms with Gasteiger partial charge in [0.05, 0.1) is 16.7 Å². The third kappa shape index (κ3) is 8.95. The van der Waals surface area contributed by atoms with Gasteiger partial charge in [0.1, 0.15) is 18.3 Å². The number of thioether (sulfide) groups is 2. The van der Waals surface area contributed by atoms with Crippen LogP contribution in [0.4, 0.5) is 11.4 Å². The van der Waals surface area contributed by atoms with Gasteiger partial charge in [0.15, 0.2) is 6.61 Å². The van der Waals surface area contributed by atoms with Crippen molar-refractivity contribution in [2.75, 3.05) is 36.6 Å². The largest absolute Gasteiger partial charge is 0.483 e. The van der Waals surface area contributed by atoms with Gasteiger partial charge in [-0.15, -0.1) is 23.5 Å². The van der Waals surface area contributed by atoms with Crippen LogP contribution in [0.1, 0.15) is 45.2 Å². The Morgan fingerprint density at radius 1 is 1.05 bits per heavy atom. The average molecular weight is 636 g/mol. The molecule has 1 aliphatic heterocycles. The molecule has 1 aliphatic rings. The maximum atomic E-state index is 13.2. The first kappa shape index (κ1) is 33.3. The molecular formula is C34H41N3O5S2. The van der Waals surface area contributed by atoms with E-state index < -0.39 is 23.8 Å². The van der Waals surface area contributed by atoms with E-state index in [-0.39, 0.29) is 19.3 Å². The van der Waals surface area contributed by atoms with E-state index >= 15 is 0 Å². The average Bonchev–Trinajstić information content (AvgIpc) is 3.24. The van der Waals surface area contributed by atoms with Crippen LogP contribution in [0.15, 0.2) is 82.6 Å². The number of fused-ring (bicyclic) bond motifs is 1. The minimum atomic E-state index is -1.00. The first-order chi connectivity index (χ1) is 21.3. The highest BCUT2D eigenvalue weighted by Crippen LogP contribution is 2.45. The number of carbonyl (C=O) groups excluding carboxylic acids is 3. The zero-order valence-corrected chi connectivity index (χ0v) is 27.3. The molecule has 44 heavy (non-hydrogen) atoms. The molecule has 2 amide bonds. The number of hydrogen-bond donors (Lipinski definition) is 2. The summed E-state index contributed by atoms with van der Waals surface area (Å²) in [6, 6.07) is 22.5. The Hall–Kier alpha value is -3.63. The highest BCUT2D eigenvalue weighted by atomic mass is 32.2. The predicted molar refractivity (Wildman–Crippen MR) is 178 cm³/mol. The molecule has 3 atom stereocenters. The summed E-state index contributed by atoms with van der Waals surface area (Å²) in [6.07, 6.45) is 3.50. The summed E-state index contributed by atoms with van der Waals surface area (Å²) in [7, 11) is 0. The Balaban J connectivity index is 1.48. The van der Waals surface area contributed by atoms with Crippen LogP contribution in [0.2, 0.25) is 0 Å². The molecule has 3 aromatic carbocycles. The van der Waals surface area contributed by atoms with Crippen LogP contribution < -0.4 is 20.3 Å². The maximum Gasteiger partial charge on any atom is 0.325 e. The molecule has 0 saturated heterocycles. The van der Waals surface area contributed by atoms with Gasteiger partial charge in [0.2, 0.25) is 5.91 Å². The summed E-state index contributed by atoms with van der Waals surface area (Å²) in [5.41, 5.74) is 2.87. The molecule has 1 heterocycles. The fourth-order valence-corrected chi connectivity index (χ4v) is 6.56. The van der Waals surface area contributed by atoms with Crippen LogP contribution in [0.25, 0.3) is 0 Å². The molecule has 0 radical (unpaired) electrons. The SMILES string of the molecule is CCC1CSc2cc(OCC(=O)NC(C(=O)NCC(=O)OC(C)CC)c3ccccc3)c(SC)cc2N(c2ccccc2)C1. The number of ether oxygens (including phenoxy) is 2. The number of esters is 1. The van der Waals surface area contributed by atoms with Gasteiger partial charge >= 0.3 is 5.97 Å². The fourth-order valence-electron chi connectivity index (χ4n) is 4.75. The molecule has 10 heteroatoms. The Bertz CT molecular complexity index is 1410. The minimum Gasteiger partial charge on any atom is -0.483 e. The Morgan fingerprint density at radius 3 is 2.41 bits per heavy atom. The summed E-state index contributed by atoms with van der Waals surface area (Å²) in [6.45, 7) is 6.29. The molecule has 0 spiro atoms. The smallest absolute Gasteiger partial charge is 0.325 e. The maximum absolute atomic E-state index is 13.2. The van der Waals surface area contributed by atoms with E-state index in [9.17, 15) is 14.4 Å². The zero-order chi connectivity index (χ0) is 31.5. The molecule has 0 aromatic heterocycles. The molecule has 0 fully saturated rings. The molecule has 0 aliphatic carbocycles. The molecule has 0 bridgehead atoms. The van der Waals surface area contributed by atoms with Crippen molar-refractivity contribution >= 4 is 52.7 Å². The number of nitrogens with one attached hydrogen (secondary N) is 2. The van der Waals surface area contributed by atoms with E-state index in [1.165, 1.54) is 0 Å². The molecule has 2 N–H and O–H groups in total. The third-order valence-corrected chi connectivity index (χ3v) is 9.51. The van der Waals surface area contributed by atoms with Crippen molar-refractivity contribution in [3.8, 4) is 5.75 Å². The zero-order valence-electron chi connectivity index (χ0n) is 25.7. The van der Waals surface area contributed by atoms with E-state index in [2.05, 4.69) is 52.8 Å². The summed E-state index contributed by atoms with van der Waals surface area (Å²) < 4.78 is 11.3. The highest BCUT2D eigenvalue weighted by molar-refractivity contribution is 7.99.